The second kappa shape index (κ2) is 7.71. The number of ether oxygens (including phenoxy) is 1. The third kappa shape index (κ3) is 4.10. The van der Waals surface area contributed by atoms with Gasteiger partial charge < -0.3 is 10.5 Å². The van der Waals surface area contributed by atoms with E-state index < -0.39 is 0 Å². The van der Waals surface area contributed by atoms with Crippen LogP contribution in [0.3, 0.4) is 0 Å². The molecule has 0 heterocycles. The van der Waals surface area contributed by atoms with Crippen LogP contribution >= 0.6 is 0 Å². The monoisotopic (exact) mass is 269 g/mol. The minimum absolute atomic E-state index is 0.294. The normalized spacial score (nSPS) is 12.1. The van der Waals surface area contributed by atoms with Gasteiger partial charge in [0.05, 0.1) is 6.61 Å². The van der Waals surface area contributed by atoms with E-state index in [1.807, 2.05) is 36.4 Å². The number of hydrogen-bond acceptors (Lipinski definition) is 2. The predicted molar refractivity (Wildman–Crippen MR) is 84.9 cm³/mol. The van der Waals surface area contributed by atoms with Crippen molar-refractivity contribution in [2.24, 2.45) is 5.73 Å². The van der Waals surface area contributed by atoms with Gasteiger partial charge in [-0.3, -0.25) is 0 Å². The lowest BCUT2D eigenvalue weighted by atomic mass is 10.0. The Hall–Kier alpha value is -1.80. The first kappa shape index (κ1) is 14.6. The van der Waals surface area contributed by atoms with Gasteiger partial charge in [-0.2, -0.15) is 0 Å². The van der Waals surface area contributed by atoms with Crippen LogP contribution in [0.15, 0.2) is 54.6 Å². The topological polar surface area (TPSA) is 35.2 Å². The summed E-state index contributed by atoms with van der Waals surface area (Å²) in [6.45, 7) is 2.84. The lowest BCUT2D eigenvalue weighted by Gasteiger charge is -2.13. The molecule has 20 heavy (non-hydrogen) atoms. The quantitative estimate of drug-likeness (QED) is 0.763. The summed E-state index contributed by atoms with van der Waals surface area (Å²) in [5.74, 6) is 0.948. The van der Waals surface area contributed by atoms with Crippen molar-refractivity contribution in [1.82, 2.24) is 0 Å². The van der Waals surface area contributed by atoms with Crippen LogP contribution in [-0.2, 0) is 0 Å². The van der Waals surface area contributed by atoms with Crippen molar-refractivity contribution in [3.05, 3.63) is 54.6 Å². The third-order valence-electron chi connectivity index (χ3n) is 3.47. The Bertz CT molecular complexity index is 510. The lowest BCUT2D eigenvalue weighted by Crippen LogP contribution is -2.19. The first-order valence-electron chi connectivity index (χ1n) is 7.34. The Labute approximate surface area is 121 Å². The Morgan fingerprint density at radius 1 is 1.00 bits per heavy atom. The van der Waals surface area contributed by atoms with Gasteiger partial charge in [0.15, 0.2) is 0 Å². The van der Waals surface area contributed by atoms with E-state index >= 15 is 0 Å². The van der Waals surface area contributed by atoms with Crippen molar-refractivity contribution in [1.29, 1.82) is 0 Å². The van der Waals surface area contributed by atoms with Gasteiger partial charge in [-0.25, -0.2) is 0 Å². The minimum atomic E-state index is 0.294. The molecule has 0 aliphatic rings. The molecule has 0 radical (unpaired) electrons. The van der Waals surface area contributed by atoms with E-state index in [0.717, 1.165) is 37.2 Å². The maximum atomic E-state index is 5.93. The molecule has 1 atom stereocenters. The van der Waals surface area contributed by atoms with E-state index in [-0.39, 0.29) is 0 Å². The van der Waals surface area contributed by atoms with Crippen molar-refractivity contribution in [3.63, 3.8) is 0 Å². The molecule has 0 fully saturated rings. The molecule has 0 spiro atoms. The van der Waals surface area contributed by atoms with Crippen LogP contribution in [0.1, 0.15) is 26.2 Å². The summed E-state index contributed by atoms with van der Waals surface area (Å²) in [5.41, 5.74) is 8.25. The molecule has 0 aliphatic carbocycles. The number of rotatable bonds is 7. The van der Waals surface area contributed by atoms with Crippen molar-refractivity contribution in [3.8, 4) is 16.9 Å². The van der Waals surface area contributed by atoms with E-state index in [1.54, 1.807) is 0 Å². The van der Waals surface area contributed by atoms with Crippen molar-refractivity contribution in [2.75, 3.05) is 6.61 Å². The fourth-order valence-electron chi connectivity index (χ4n) is 2.18. The molecule has 0 aliphatic heterocycles. The van der Waals surface area contributed by atoms with Gasteiger partial charge in [-0.15, -0.1) is 0 Å². The number of benzene rings is 2. The molecule has 2 N–H and O–H groups in total. The van der Waals surface area contributed by atoms with Gasteiger partial charge in [0, 0.05) is 11.6 Å². The fraction of sp³-hybridized carbons (Fsp3) is 0.333. The van der Waals surface area contributed by atoms with E-state index in [9.17, 15) is 0 Å². The van der Waals surface area contributed by atoms with Crippen molar-refractivity contribution in [2.45, 2.75) is 32.2 Å². The molecule has 2 nitrogen and oxygen atoms in total. The van der Waals surface area contributed by atoms with E-state index in [4.69, 9.17) is 10.5 Å². The molecule has 2 rings (SSSR count). The summed E-state index contributed by atoms with van der Waals surface area (Å²) in [6, 6.07) is 18.8. The summed E-state index contributed by atoms with van der Waals surface area (Å²) >= 11 is 0. The van der Waals surface area contributed by atoms with E-state index in [0.29, 0.717) is 6.04 Å². The highest BCUT2D eigenvalue weighted by Crippen LogP contribution is 2.29. The molecular formula is C18H23NO. The highest BCUT2D eigenvalue weighted by molar-refractivity contribution is 5.70. The SMILES string of the molecule is CCC(N)CCCOc1ccccc1-c1ccccc1. The second-order valence-electron chi connectivity index (χ2n) is 5.02. The summed E-state index contributed by atoms with van der Waals surface area (Å²) in [7, 11) is 0. The predicted octanol–water partition coefficient (Wildman–Crippen LogP) is 4.25. The third-order valence-corrected chi connectivity index (χ3v) is 3.47. The fourth-order valence-corrected chi connectivity index (χ4v) is 2.18. The second-order valence-corrected chi connectivity index (χ2v) is 5.02. The summed E-state index contributed by atoms with van der Waals surface area (Å²) < 4.78 is 5.93. The summed E-state index contributed by atoms with van der Waals surface area (Å²) in [6.07, 6.45) is 3.04. The molecular weight excluding hydrogens is 246 g/mol. The zero-order chi connectivity index (χ0) is 14.2. The molecule has 0 saturated carbocycles. The Morgan fingerprint density at radius 3 is 2.45 bits per heavy atom. The zero-order valence-corrected chi connectivity index (χ0v) is 12.1. The number of para-hydroxylation sites is 1. The Balaban J connectivity index is 1.99. The highest BCUT2D eigenvalue weighted by Gasteiger charge is 2.05. The zero-order valence-electron chi connectivity index (χ0n) is 12.1. The van der Waals surface area contributed by atoms with Gasteiger partial charge in [0.1, 0.15) is 5.75 Å². The maximum absolute atomic E-state index is 5.93. The smallest absolute Gasteiger partial charge is 0.127 e. The number of nitrogens with two attached hydrogens (primary N) is 1. The molecule has 0 saturated heterocycles. The van der Waals surface area contributed by atoms with Crippen molar-refractivity contribution < 1.29 is 4.74 Å². The van der Waals surface area contributed by atoms with Gasteiger partial charge in [0.2, 0.25) is 0 Å². The molecule has 0 aromatic heterocycles. The van der Waals surface area contributed by atoms with Crippen LogP contribution in [0.2, 0.25) is 0 Å². The van der Waals surface area contributed by atoms with E-state index in [2.05, 4.69) is 25.1 Å². The molecule has 2 aromatic carbocycles. The van der Waals surface area contributed by atoms with Gasteiger partial charge in [0.25, 0.3) is 0 Å². The number of hydrogen-bond donors (Lipinski definition) is 1. The minimum Gasteiger partial charge on any atom is -0.493 e. The lowest BCUT2D eigenvalue weighted by molar-refractivity contribution is 0.302. The van der Waals surface area contributed by atoms with Crippen LogP contribution < -0.4 is 10.5 Å². The molecule has 0 bridgehead atoms. The van der Waals surface area contributed by atoms with Gasteiger partial charge in [-0.05, 0) is 30.9 Å². The van der Waals surface area contributed by atoms with Crippen LogP contribution in [0.25, 0.3) is 11.1 Å². The van der Waals surface area contributed by atoms with Gasteiger partial charge >= 0.3 is 0 Å². The van der Waals surface area contributed by atoms with Crippen LogP contribution in [0.5, 0.6) is 5.75 Å². The Morgan fingerprint density at radius 2 is 1.70 bits per heavy atom. The van der Waals surface area contributed by atoms with Crippen molar-refractivity contribution >= 4 is 0 Å². The van der Waals surface area contributed by atoms with Crippen LogP contribution in [-0.4, -0.2) is 12.6 Å². The molecule has 2 aromatic rings. The first-order valence-corrected chi connectivity index (χ1v) is 7.34. The maximum Gasteiger partial charge on any atom is 0.127 e. The van der Waals surface area contributed by atoms with Crippen LogP contribution in [0, 0.1) is 0 Å². The Kier molecular flexibility index (Phi) is 5.63. The summed E-state index contributed by atoms with van der Waals surface area (Å²) in [4.78, 5) is 0. The largest absolute Gasteiger partial charge is 0.493 e. The molecule has 0 amide bonds. The summed E-state index contributed by atoms with van der Waals surface area (Å²) in [5, 5.41) is 0. The molecule has 1 unspecified atom stereocenters. The average Bonchev–Trinajstić information content (AvgIpc) is 2.52. The highest BCUT2D eigenvalue weighted by atomic mass is 16.5. The van der Waals surface area contributed by atoms with Crippen LogP contribution in [0.4, 0.5) is 0 Å². The first-order chi connectivity index (χ1) is 9.81. The van der Waals surface area contributed by atoms with E-state index in [1.165, 1.54) is 5.56 Å². The molecule has 2 heteroatoms. The molecule has 106 valence electrons. The average molecular weight is 269 g/mol. The standard InChI is InChI=1S/C18H23NO/c1-2-16(19)11-8-14-20-18-13-7-6-12-17(18)15-9-4-3-5-10-15/h3-7,9-10,12-13,16H,2,8,11,14,19H2,1H3. The van der Waals surface area contributed by atoms with Gasteiger partial charge in [-0.1, -0.05) is 55.5 Å².